The summed E-state index contributed by atoms with van der Waals surface area (Å²) >= 11 is 0. The van der Waals surface area contributed by atoms with Crippen LogP contribution in [0.4, 0.5) is 0 Å². The van der Waals surface area contributed by atoms with Gasteiger partial charge in [-0.05, 0) is 36.1 Å². The second-order valence-electron chi connectivity index (χ2n) is 5.97. The largest absolute Gasteiger partial charge is 0.493 e. The monoisotopic (exact) mass is 283 g/mol. The predicted molar refractivity (Wildman–Crippen MR) is 88.8 cm³/mol. The molecule has 0 heterocycles. The van der Waals surface area contributed by atoms with E-state index in [9.17, 15) is 0 Å². The van der Waals surface area contributed by atoms with Gasteiger partial charge in [0.05, 0.1) is 6.61 Å². The van der Waals surface area contributed by atoms with Crippen LogP contribution in [0.5, 0.6) is 5.75 Å². The van der Waals surface area contributed by atoms with Crippen molar-refractivity contribution in [3.05, 3.63) is 42.0 Å². The quantitative estimate of drug-likeness (QED) is 0.711. The third kappa shape index (κ3) is 3.76. The number of fused-ring (bicyclic) bond motifs is 1. The molecule has 1 aliphatic rings. The van der Waals surface area contributed by atoms with Gasteiger partial charge in [0.1, 0.15) is 5.75 Å². The zero-order valence-electron chi connectivity index (χ0n) is 12.9. The zero-order chi connectivity index (χ0) is 14.5. The van der Waals surface area contributed by atoms with Gasteiger partial charge < -0.3 is 10.1 Å². The van der Waals surface area contributed by atoms with Crippen LogP contribution in [0.1, 0.15) is 44.6 Å². The van der Waals surface area contributed by atoms with E-state index in [1.165, 1.54) is 42.0 Å². The standard InChI is InChI=1S/C19H25NO/c1-2-3-6-13-21-19-12-9-15-7-4-5-8-17(15)18(19)14-20-16-10-11-16/h4-5,7-9,12,16,20H,2-3,6,10-11,13-14H2,1H3. The molecule has 3 rings (SSSR count). The highest BCUT2D eigenvalue weighted by atomic mass is 16.5. The van der Waals surface area contributed by atoms with Gasteiger partial charge in [-0.3, -0.25) is 0 Å². The number of hydrogen-bond acceptors (Lipinski definition) is 2. The molecule has 0 aliphatic heterocycles. The number of ether oxygens (including phenoxy) is 1. The fourth-order valence-corrected chi connectivity index (χ4v) is 2.70. The number of benzene rings is 2. The average Bonchev–Trinajstić information content (AvgIpc) is 3.34. The first kappa shape index (κ1) is 14.4. The minimum Gasteiger partial charge on any atom is -0.493 e. The molecule has 0 bridgehead atoms. The van der Waals surface area contributed by atoms with E-state index in [2.05, 4.69) is 48.6 Å². The smallest absolute Gasteiger partial charge is 0.124 e. The summed E-state index contributed by atoms with van der Waals surface area (Å²) in [6, 6.07) is 13.6. The van der Waals surface area contributed by atoms with Crippen LogP contribution >= 0.6 is 0 Å². The minimum atomic E-state index is 0.719. The third-order valence-corrected chi connectivity index (χ3v) is 4.15. The Hall–Kier alpha value is -1.54. The van der Waals surface area contributed by atoms with Gasteiger partial charge >= 0.3 is 0 Å². The first-order chi connectivity index (χ1) is 10.4. The highest BCUT2D eigenvalue weighted by Crippen LogP contribution is 2.29. The van der Waals surface area contributed by atoms with Crippen LogP contribution in [0.25, 0.3) is 10.8 Å². The molecule has 0 amide bonds. The van der Waals surface area contributed by atoms with Gasteiger partial charge in [0.2, 0.25) is 0 Å². The molecule has 1 fully saturated rings. The van der Waals surface area contributed by atoms with Crippen LogP contribution < -0.4 is 10.1 Å². The van der Waals surface area contributed by atoms with Crippen molar-refractivity contribution in [2.75, 3.05) is 6.61 Å². The van der Waals surface area contributed by atoms with Crippen molar-refractivity contribution in [2.45, 2.75) is 51.6 Å². The second-order valence-corrected chi connectivity index (χ2v) is 5.97. The molecule has 0 atom stereocenters. The SMILES string of the molecule is CCCCCOc1ccc2ccccc2c1CNC1CC1. The van der Waals surface area contributed by atoms with Crippen molar-refractivity contribution in [2.24, 2.45) is 0 Å². The van der Waals surface area contributed by atoms with E-state index in [-0.39, 0.29) is 0 Å². The van der Waals surface area contributed by atoms with Gasteiger partial charge in [-0.1, -0.05) is 50.1 Å². The van der Waals surface area contributed by atoms with Crippen LogP contribution in [-0.4, -0.2) is 12.6 Å². The number of nitrogens with one attached hydrogen (secondary N) is 1. The maximum atomic E-state index is 6.06. The van der Waals surface area contributed by atoms with Gasteiger partial charge in [-0.15, -0.1) is 0 Å². The molecule has 0 unspecified atom stereocenters. The van der Waals surface area contributed by atoms with Crippen LogP contribution in [0.15, 0.2) is 36.4 Å². The Morgan fingerprint density at radius 3 is 2.76 bits per heavy atom. The van der Waals surface area contributed by atoms with E-state index in [0.717, 1.165) is 31.4 Å². The molecule has 0 radical (unpaired) electrons. The lowest BCUT2D eigenvalue weighted by Crippen LogP contribution is -2.16. The average molecular weight is 283 g/mol. The van der Waals surface area contributed by atoms with Gasteiger partial charge in [-0.25, -0.2) is 0 Å². The normalized spacial score (nSPS) is 14.5. The Kier molecular flexibility index (Phi) is 4.76. The summed E-state index contributed by atoms with van der Waals surface area (Å²) in [5, 5.41) is 6.24. The summed E-state index contributed by atoms with van der Waals surface area (Å²) in [5.41, 5.74) is 1.32. The fraction of sp³-hybridized carbons (Fsp3) is 0.474. The molecule has 1 aliphatic carbocycles. The van der Waals surface area contributed by atoms with Gasteiger partial charge in [0, 0.05) is 18.2 Å². The van der Waals surface area contributed by atoms with E-state index in [1.807, 2.05) is 0 Å². The lowest BCUT2D eigenvalue weighted by atomic mass is 10.0. The van der Waals surface area contributed by atoms with E-state index in [4.69, 9.17) is 4.74 Å². The highest BCUT2D eigenvalue weighted by Gasteiger charge is 2.21. The van der Waals surface area contributed by atoms with Gasteiger partial charge in [-0.2, -0.15) is 0 Å². The second kappa shape index (κ2) is 6.95. The molecule has 0 saturated heterocycles. The molecule has 2 nitrogen and oxygen atoms in total. The Balaban J connectivity index is 1.80. The van der Waals surface area contributed by atoms with E-state index < -0.39 is 0 Å². The Morgan fingerprint density at radius 1 is 1.10 bits per heavy atom. The Morgan fingerprint density at radius 2 is 1.95 bits per heavy atom. The summed E-state index contributed by atoms with van der Waals surface area (Å²) in [4.78, 5) is 0. The minimum absolute atomic E-state index is 0.719. The van der Waals surface area contributed by atoms with Crippen LogP contribution in [0.2, 0.25) is 0 Å². The molecular formula is C19H25NO. The van der Waals surface area contributed by atoms with E-state index >= 15 is 0 Å². The predicted octanol–water partition coefficient (Wildman–Crippen LogP) is 4.66. The summed E-state index contributed by atoms with van der Waals surface area (Å²) in [5.74, 6) is 1.05. The van der Waals surface area contributed by atoms with Crippen molar-refractivity contribution in [1.29, 1.82) is 0 Å². The molecule has 0 aromatic heterocycles. The molecule has 1 saturated carbocycles. The van der Waals surface area contributed by atoms with Crippen LogP contribution in [0.3, 0.4) is 0 Å². The molecule has 1 N–H and O–H groups in total. The van der Waals surface area contributed by atoms with Crippen molar-refractivity contribution >= 4 is 10.8 Å². The summed E-state index contributed by atoms with van der Waals surface area (Å²) in [6.07, 6.45) is 6.24. The highest BCUT2D eigenvalue weighted by molar-refractivity contribution is 5.87. The van der Waals surface area contributed by atoms with Crippen LogP contribution in [0, 0.1) is 0 Å². The lowest BCUT2D eigenvalue weighted by molar-refractivity contribution is 0.303. The van der Waals surface area contributed by atoms with E-state index in [1.54, 1.807) is 0 Å². The number of rotatable bonds is 8. The lowest BCUT2D eigenvalue weighted by Gasteiger charge is -2.15. The molecule has 0 spiro atoms. The van der Waals surface area contributed by atoms with E-state index in [0.29, 0.717) is 0 Å². The molecule has 21 heavy (non-hydrogen) atoms. The van der Waals surface area contributed by atoms with Crippen molar-refractivity contribution in [3.8, 4) is 5.75 Å². The number of hydrogen-bond donors (Lipinski definition) is 1. The first-order valence-electron chi connectivity index (χ1n) is 8.25. The van der Waals surface area contributed by atoms with Crippen LogP contribution in [-0.2, 0) is 6.54 Å². The summed E-state index contributed by atoms with van der Waals surface area (Å²) in [7, 11) is 0. The third-order valence-electron chi connectivity index (χ3n) is 4.15. The molecular weight excluding hydrogens is 258 g/mol. The van der Waals surface area contributed by atoms with Crippen molar-refractivity contribution < 1.29 is 4.74 Å². The first-order valence-corrected chi connectivity index (χ1v) is 8.25. The maximum Gasteiger partial charge on any atom is 0.124 e. The zero-order valence-corrected chi connectivity index (χ0v) is 12.9. The molecule has 2 heteroatoms. The Bertz CT molecular complexity index is 589. The van der Waals surface area contributed by atoms with Crippen molar-refractivity contribution in [3.63, 3.8) is 0 Å². The van der Waals surface area contributed by atoms with Crippen molar-refractivity contribution in [1.82, 2.24) is 5.32 Å². The summed E-state index contributed by atoms with van der Waals surface area (Å²) in [6.45, 7) is 3.96. The Labute approximate surface area is 127 Å². The molecule has 112 valence electrons. The fourth-order valence-electron chi connectivity index (χ4n) is 2.70. The summed E-state index contributed by atoms with van der Waals surface area (Å²) < 4.78 is 6.06. The topological polar surface area (TPSA) is 21.3 Å². The maximum absolute atomic E-state index is 6.06. The van der Waals surface area contributed by atoms with Gasteiger partial charge in [0.15, 0.2) is 0 Å². The molecule has 2 aromatic rings. The number of unbranched alkanes of at least 4 members (excludes halogenated alkanes) is 2. The molecule has 2 aromatic carbocycles. The van der Waals surface area contributed by atoms with Gasteiger partial charge in [0.25, 0.3) is 0 Å².